The third-order valence-corrected chi connectivity index (χ3v) is 2.73. The van der Waals surface area contributed by atoms with Crippen molar-refractivity contribution in [1.29, 1.82) is 0 Å². The fourth-order valence-electron chi connectivity index (χ4n) is 1.39. The Balaban J connectivity index is 3.94. The summed E-state index contributed by atoms with van der Waals surface area (Å²) in [4.78, 5) is 4.75. The van der Waals surface area contributed by atoms with Crippen LogP contribution in [-0.4, -0.2) is 49.6 Å². The third kappa shape index (κ3) is 5.27. The summed E-state index contributed by atoms with van der Waals surface area (Å²) in [5.74, 6) is 0. The maximum atomic E-state index is 2.42. The molecule has 0 rings (SSSR count). The monoisotopic (exact) mass is 186 g/mol. The molecule has 13 heavy (non-hydrogen) atoms. The maximum Gasteiger partial charge on any atom is 0.0216 e. The minimum absolute atomic E-state index is 0.652. The molecule has 80 valence electrons. The lowest BCUT2D eigenvalue weighted by Crippen LogP contribution is -2.41. The van der Waals surface area contributed by atoms with Gasteiger partial charge >= 0.3 is 0 Å². The summed E-state index contributed by atoms with van der Waals surface area (Å²) in [7, 11) is 6.56. The second kappa shape index (κ2) is 6.39. The highest BCUT2D eigenvalue weighted by molar-refractivity contribution is 4.71. The fraction of sp³-hybridized carbons (Fsp3) is 1.00. The predicted octanol–water partition coefficient (Wildman–Crippen LogP) is 2.06. The second-order valence-corrected chi connectivity index (χ2v) is 4.44. The third-order valence-electron chi connectivity index (χ3n) is 2.73. The molecule has 0 amide bonds. The molecule has 2 heteroatoms. The molecular weight excluding hydrogens is 160 g/mol. The van der Waals surface area contributed by atoms with Crippen LogP contribution in [0.1, 0.15) is 33.6 Å². The van der Waals surface area contributed by atoms with Crippen LogP contribution in [0.3, 0.4) is 0 Å². The highest BCUT2D eigenvalue weighted by atomic mass is 15.2. The number of likely N-dealkylation sites (N-methyl/N-ethyl adjacent to an activating group) is 2. The van der Waals surface area contributed by atoms with Crippen LogP contribution in [0.15, 0.2) is 0 Å². The summed E-state index contributed by atoms with van der Waals surface area (Å²) < 4.78 is 0. The van der Waals surface area contributed by atoms with Gasteiger partial charge in [0.2, 0.25) is 0 Å². The molecule has 0 aromatic rings. The van der Waals surface area contributed by atoms with E-state index in [0.29, 0.717) is 12.1 Å². The first-order valence-electron chi connectivity index (χ1n) is 5.35. The summed E-state index contributed by atoms with van der Waals surface area (Å²) in [6, 6.07) is 1.36. The first kappa shape index (κ1) is 12.9. The Labute approximate surface area is 83.9 Å². The lowest BCUT2D eigenvalue weighted by Gasteiger charge is -2.30. The van der Waals surface area contributed by atoms with Crippen molar-refractivity contribution < 1.29 is 0 Å². The van der Waals surface area contributed by atoms with Gasteiger partial charge in [0.05, 0.1) is 0 Å². The molecule has 0 saturated carbocycles. The van der Waals surface area contributed by atoms with Crippen molar-refractivity contribution in [1.82, 2.24) is 9.80 Å². The first-order valence-corrected chi connectivity index (χ1v) is 5.35. The van der Waals surface area contributed by atoms with Crippen molar-refractivity contribution in [3.8, 4) is 0 Å². The van der Waals surface area contributed by atoms with Gasteiger partial charge in [0.25, 0.3) is 0 Å². The van der Waals surface area contributed by atoms with Crippen LogP contribution in [0.2, 0.25) is 0 Å². The fourth-order valence-corrected chi connectivity index (χ4v) is 1.39. The molecule has 0 spiro atoms. The van der Waals surface area contributed by atoms with Crippen LogP contribution in [0.5, 0.6) is 0 Å². The van der Waals surface area contributed by atoms with Gasteiger partial charge in [0, 0.05) is 18.6 Å². The van der Waals surface area contributed by atoms with Crippen molar-refractivity contribution in [2.24, 2.45) is 0 Å². The highest BCUT2D eigenvalue weighted by Gasteiger charge is 2.14. The van der Waals surface area contributed by atoms with Gasteiger partial charge in [0.1, 0.15) is 0 Å². The van der Waals surface area contributed by atoms with E-state index in [1.54, 1.807) is 0 Å². The number of hydrogen-bond donors (Lipinski definition) is 0. The molecular formula is C11H26N2. The van der Waals surface area contributed by atoms with E-state index < -0.39 is 0 Å². The average Bonchev–Trinajstić information content (AvgIpc) is 2.03. The SMILES string of the molecule is CCCC(CN(C)C(C)C)N(C)C. The smallest absolute Gasteiger partial charge is 0.0216 e. The van der Waals surface area contributed by atoms with Crippen LogP contribution in [0.4, 0.5) is 0 Å². The van der Waals surface area contributed by atoms with E-state index in [2.05, 4.69) is 51.7 Å². The van der Waals surface area contributed by atoms with E-state index in [1.165, 1.54) is 19.4 Å². The maximum absolute atomic E-state index is 2.42. The van der Waals surface area contributed by atoms with Gasteiger partial charge in [-0.05, 0) is 41.4 Å². The highest BCUT2D eigenvalue weighted by Crippen LogP contribution is 2.06. The Hall–Kier alpha value is -0.0800. The molecule has 1 unspecified atom stereocenters. The Morgan fingerprint density at radius 3 is 1.92 bits per heavy atom. The quantitative estimate of drug-likeness (QED) is 0.626. The molecule has 0 aromatic carbocycles. The largest absolute Gasteiger partial charge is 0.305 e. The summed E-state index contributed by atoms with van der Waals surface area (Å²) in [6.07, 6.45) is 2.57. The predicted molar refractivity (Wildman–Crippen MR) is 60.1 cm³/mol. The van der Waals surface area contributed by atoms with E-state index in [0.717, 1.165) is 0 Å². The molecule has 0 heterocycles. The zero-order valence-corrected chi connectivity index (χ0v) is 10.2. The second-order valence-electron chi connectivity index (χ2n) is 4.44. The normalized spacial score (nSPS) is 14.5. The molecule has 0 aliphatic rings. The Bertz CT molecular complexity index is 121. The van der Waals surface area contributed by atoms with Crippen LogP contribution in [0.25, 0.3) is 0 Å². The van der Waals surface area contributed by atoms with Gasteiger partial charge in [0.15, 0.2) is 0 Å². The van der Waals surface area contributed by atoms with Gasteiger partial charge in [-0.2, -0.15) is 0 Å². The van der Waals surface area contributed by atoms with Gasteiger partial charge in [-0.25, -0.2) is 0 Å². The summed E-state index contributed by atoms with van der Waals surface area (Å²) in [5, 5.41) is 0. The first-order chi connectivity index (χ1) is 5.99. The average molecular weight is 186 g/mol. The number of rotatable bonds is 6. The molecule has 2 nitrogen and oxygen atoms in total. The lowest BCUT2D eigenvalue weighted by atomic mass is 10.1. The molecule has 0 bridgehead atoms. The zero-order valence-electron chi connectivity index (χ0n) is 10.2. The van der Waals surface area contributed by atoms with E-state index in [9.17, 15) is 0 Å². The van der Waals surface area contributed by atoms with Crippen molar-refractivity contribution >= 4 is 0 Å². The van der Waals surface area contributed by atoms with Crippen LogP contribution >= 0.6 is 0 Å². The van der Waals surface area contributed by atoms with E-state index in [-0.39, 0.29) is 0 Å². The van der Waals surface area contributed by atoms with Crippen LogP contribution < -0.4 is 0 Å². The molecule has 0 radical (unpaired) electrons. The van der Waals surface area contributed by atoms with Gasteiger partial charge < -0.3 is 9.80 Å². The Morgan fingerprint density at radius 2 is 1.62 bits per heavy atom. The number of nitrogens with zero attached hydrogens (tertiary/aromatic N) is 2. The minimum Gasteiger partial charge on any atom is -0.305 e. The van der Waals surface area contributed by atoms with Crippen LogP contribution in [0, 0.1) is 0 Å². The summed E-state index contributed by atoms with van der Waals surface area (Å²) in [6.45, 7) is 7.93. The molecule has 0 aliphatic carbocycles. The van der Waals surface area contributed by atoms with Crippen LogP contribution in [-0.2, 0) is 0 Å². The minimum atomic E-state index is 0.652. The van der Waals surface area contributed by atoms with Crippen molar-refractivity contribution in [3.63, 3.8) is 0 Å². The molecule has 0 aliphatic heterocycles. The Kier molecular flexibility index (Phi) is 6.35. The molecule has 1 atom stereocenters. The zero-order chi connectivity index (χ0) is 10.4. The van der Waals surface area contributed by atoms with E-state index >= 15 is 0 Å². The Morgan fingerprint density at radius 1 is 1.08 bits per heavy atom. The summed E-state index contributed by atoms with van der Waals surface area (Å²) in [5.41, 5.74) is 0. The van der Waals surface area contributed by atoms with E-state index in [1.807, 2.05) is 0 Å². The lowest BCUT2D eigenvalue weighted by molar-refractivity contribution is 0.174. The molecule has 0 saturated heterocycles. The van der Waals surface area contributed by atoms with Gasteiger partial charge in [-0.15, -0.1) is 0 Å². The molecule has 0 N–H and O–H groups in total. The van der Waals surface area contributed by atoms with Crippen molar-refractivity contribution in [2.75, 3.05) is 27.7 Å². The standard InChI is InChI=1S/C11H26N2/c1-7-8-11(12(4)5)9-13(6)10(2)3/h10-11H,7-9H2,1-6H3. The molecule has 0 aromatic heterocycles. The summed E-state index contributed by atoms with van der Waals surface area (Å²) >= 11 is 0. The number of hydrogen-bond acceptors (Lipinski definition) is 2. The van der Waals surface area contributed by atoms with Crippen molar-refractivity contribution in [3.05, 3.63) is 0 Å². The van der Waals surface area contributed by atoms with Crippen molar-refractivity contribution in [2.45, 2.75) is 45.7 Å². The van der Waals surface area contributed by atoms with E-state index in [4.69, 9.17) is 0 Å². The van der Waals surface area contributed by atoms with Gasteiger partial charge in [-0.3, -0.25) is 0 Å². The van der Waals surface area contributed by atoms with Gasteiger partial charge in [-0.1, -0.05) is 13.3 Å². The molecule has 0 fully saturated rings. The topological polar surface area (TPSA) is 6.48 Å².